The van der Waals surface area contributed by atoms with Crippen LogP contribution in [0.1, 0.15) is 16.8 Å². The third-order valence-corrected chi connectivity index (χ3v) is 2.74. The molecule has 2 aromatic rings. The van der Waals surface area contributed by atoms with Gasteiger partial charge in [-0.05, 0) is 35.9 Å². The number of halogens is 5. The standard InChI is InChI=1S/C15H7F5N2/c16-12-3-1-9(6-13(12)17)5-10(7-21)14-4-2-11(8-22-14)15(18,19)20/h1-6,8H. The smallest absolute Gasteiger partial charge is 0.255 e. The van der Waals surface area contributed by atoms with Crippen molar-refractivity contribution in [3.8, 4) is 6.07 Å². The molecule has 1 aromatic heterocycles. The number of allylic oxidation sites excluding steroid dienone is 1. The number of hydrogen-bond acceptors (Lipinski definition) is 2. The van der Waals surface area contributed by atoms with Gasteiger partial charge < -0.3 is 0 Å². The Morgan fingerprint density at radius 2 is 1.82 bits per heavy atom. The summed E-state index contributed by atoms with van der Waals surface area (Å²) in [6.07, 6.45) is -2.72. The van der Waals surface area contributed by atoms with E-state index in [9.17, 15) is 22.0 Å². The van der Waals surface area contributed by atoms with Crippen LogP contribution in [0.4, 0.5) is 22.0 Å². The first-order chi connectivity index (χ1) is 10.3. The van der Waals surface area contributed by atoms with Gasteiger partial charge in [0.25, 0.3) is 0 Å². The molecule has 0 aliphatic rings. The zero-order chi connectivity index (χ0) is 16.3. The maximum absolute atomic E-state index is 13.1. The van der Waals surface area contributed by atoms with E-state index in [-0.39, 0.29) is 16.8 Å². The van der Waals surface area contributed by atoms with E-state index in [4.69, 9.17) is 5.26 Å². The Labute approximate surface area is 122 Å². The molecule has 22 heavy (non-hydrogen) atoms. The van der Waals surface area contributed by atoms with E-state index in [1.807, 2.05) is 0 Å². The molecule has 0 amide bonds. The lowest BCUT2D eigenvalue weighted by atomic mass is 10.1. The molecular weight excluding hydrogens is 303 g/mol. The summed E-state index contributed by atoms with van der Waals surface area (Å²) >= 11 is 0. The van der Waals surface area contributed by atoms with Crippen LogP contribution in [0.3, 0.4) is 0 Å². The fourth-order valence-electron chi connectivity index (χ4n) is 1.65. The predicted octanol–water partition coefficient (Wildman–Crippen LogP) is 4.44. The molecule has 2 rings (SSSR count). The van der Waals surface area contributed by atoms with Crippen molar-refractivity contribution in [1.82, 2.24) is 4.98 Å². The molecular formula is C15H7F5N2. The fourth-order valence-corrected chi connectivity index (χ4v) is 1.65. The number of nitriles is 1. The van der Waals surface area contributed by atoms with Gasteiger partial charge in [0, 0.05) is 6.20 Å². The van der Waals surface area contributed by atoms with Crippen LogP contribution >= 0.6 is 0 Å². The van der Waals surface area contributed by atoms with Crippen molar-refractivity contribution in [2.45, 2.75) is 6.18 Å². The molecule has 1 heterocycles. The summed E-state index contributed by atoms with van der Waals surface area (Å²) in [5, 5.41) is 9.05. The van der Waals surface area contributed by atoms with E-state index in [1.54, 1.807) is 6.07 Å². The molecule has 112 valence electrons. The van der Waals surface area contributed by atoms with Gasteiger partial charge in [0.15, 0.2) is 11.6 Å². The van der Waals surface area contributed by atoms with Crippen molar-refractivity contribution in [2.75, 3.05) is 0 Å². The summed E-state index contributed by atoms with van der Waals surface area (Å²) in [5.41, 5.74) is -0.821. The molecule has 0 fully saturated rings. The van der Waals surface area contributed by atoms with Crippen molar-refractivity contribution >= 4 is 11.6 Å². The van der Waals surface area contributed by atoms with Gasteiger partial charge in [-0.3, -0.25) is 4.98 Å². The average molecular weight is 310 g/mol. The molecule has 2 nitrogen and oxygen atoms in total. The number of hydrogen-bond donors (Lipinski definition) is 0. The van der Waals surface area contributed by atoms with E-state index >= 15 is 0 Å². The lowest BCUT2D eigenvalue weighted by molar-refractivity contribution is -0.137. The molecule has 0 N–H and O–H groups in total. The minimum Gasteiger partial charge on any atom is -0.255 e. The first-order valence-electron chi connectivity index (χ1n) is 5.92. The number of aromatic nitrogens is 1. The molecule has 0 saturated carbocycles. The van der Waals surface area contributed by atoms with E-state index in [2.05, 4.69) is 4.98 Å². The first-order valence-corrected chi connectivity index (χ1v) is 5.92. The minimum atomic E-state index is -4.53. The Bertz CT molecular complexity index is 755. The Hall–Kier alpha value is -2.75. The summed E-state index contributed by atoms with van der Waals surface area (Å²) in [6, 6.07) is 6.58. The quantitative estimate of drug-likeness (QED) is 0.607. The van der Waals surface area contributed by atoms with Crippen LogP contribution in [0.2, 0.25) is 0 Å². The third kappa shape index (κ3) is 3.47. The number of rotatable bonds is 2. The molecule has 0 aliphatic carbocycles. The van der Waals surface area contributed by atoms with Gasteiger partial charge in [0.2, 0.25) is 0 Å². The summed E-state index contributed by atoms with van der Waals surface area (Å²) in [6.45, 7) is 0. The van der Waals surface area contributed by atoms with Gasteiger partial charge in [-0.15, -0.1) is 0 Å². The molecule has 0 bridgehead atoms. The van der Waals surface area contributed by atoms with E-state index in [0.29, 0.717) is 6.20 Å². The second-order valence-corrected chi connectivity index (χ2v) is 4.27. The number of alkyl halides is 3. The molecule has 0 unspecified atom stereocenters. The Morgan fingerprint density at radius 1 is 1.09 bits per heavy atom. The number of benzene rings is 1. The number of pyridine rings is 1. The largest absolute Gasteiger partial charge is 0.417 e. The lowest BCUT2D eigenvalue weighted by Crippen LogP contribution is -2.05. The van der Waals surface area contributed by atoms with Crippen LogP contribution in [-0.4, -0.2) is 4.98 Å². The number of nitrogens with zero attached hydrogens (tertiary/aromatic N) is 2. The summed E-state index contributed by atoms with van der Waals surface area (Å²) in [4.78, 5) is 3.57. The Morgan fingerprint density at radius 3 is 2.32 bits per heavy atom. The molecule has 0 spiro atoms. The maximum atomic E-state index is 13.1. The van der Waals surface area contributed by atoms with Gasteiger partial charge in [0.1, 0.15) is 6.07 Å². The highest BCUT2D eigenvalue weighted by Gasteiger charge is 2.30. The van der Waals surface area contributed by atoms with Crippen LogP contribution in [0.15, 0.2) is 36.5 Å². The highest BCUT2D eigenvalue weighted by atomic mass is 19.4. The highest BCUT2D eigenvalue weighted by Crippen LogP contribution is 2.29. The van der Waals surface area contributed by atoms with Gasteiger partial charge in [-0.1, -0.05) is 6.07 Å². The molecule has 0 saturated heterocycles. The van der Waals surface area contributed by atoms with E-state index in [1.165, 1.54) is 12.1 Å². The van der Waals surface area contributed by atoms with Gasteiger partial charge in [0.05, 0.1) is 16.8 Å². The van der Waals surface area contributed by atoms with Gasteiger partial charge in [-0.2, -0.15) is 18.4 Å². The zero-order valence-electron chi connectivity index (χ0n) is 10.8. The van der Waals surface area contributed by atoms with Crippen molar-refractivity contribution in [3.05, 3.63) is 65.0 Å². The molecule has 7 heteroatoms. The molecule has 0 aliphatic heterocycles. The second kappa shape index (κ2) is 5.93. The van der Waals surface area contributed by atoms with Crippen LogP contribution in [0.25, 0.3) is 11.6 Å². The maximum Gasteiger partial charge on any atom is 0.417 e. The average Bonchev–Trinajstić information content (AvgIpc) is 2.47. The van der Waals surface area contributed by atoms with E-state index in [0.717, 1.165) is 24.3 Å². The summed E-state index contributed by atoms with van der Waals surface area (Å²) in [5.74, 6) is -2.13. The van der Waals surface area contributed by atoms with E-state index < -0.39 is 23.4 Å². The SMILES string of the molecule is N#CC(=Cc1ccc(F)c(F)c1)c1ccc(C(F)(F)F)cn1. The zero-order valence-corrected chi connectivity index (χ0v) is 10.8. The van der Waals surface area contributed by atoms with Crippen LogP contribution in [-0.2, 0) is 6.18 Å². The molecule has 1 aromatic carbocycles. The second-order valence-electron chi connectivity index (χ2n) is 4.27. The van der Waals surface area contributed by atoms with Crippen LogP contribution in [0, 0.1) is 23.0 Å². The fraction of sp³-hybridized carbons (Fsp3) is 0.0667. The summed E-state index contributed by atoms with van der Waals surface area (Å²) in [7, 11) is 0. The van der Waals surface area contributed by atoms with Crippen molar-refractivity contribution in [3.63, 3.8) is 0 Å². The molecule has 0 radical (unpaired) electrons. The first kappa shape index (κ1) is 15.6. The normalized spacial score (nSPS) is 12.1. The predicted molar refractivity (Wildman–Crippen MR) is 69.1 cm³/mol. The van der Waals surface area contributed by atoms with Gasteiger partial charge in [-0.25, -0.2) is 8.78 Å². The molecule has 0 atom stereocenters. The van der Waals surface area contributed by atoms with Crippen molar-refractivity contribution < 1.29 is 22.0 Å². The lowest BCUT2D eigenvalue weighted by Gasteiger charge is -2.06. The monoisotopic (exact) mass is 310 g/mol. The van der Waals surface area contributed by atoms with Crippen molar-refractivity contribution in [2.24, 2.45) is 0 Å². The summed E-state index contributed by atoms with van der Waals surface area (Å²) < 4.78 is 63.2. The van der Waals surface area contributed by atoms with Gasteiger partial charge >= 0.3 is 6.18 Å². The minimum absolute atomic E-state index is 0.000216. The topological polar surface area (TPSA) is 36.7 Å². The Kier molecular flexibility index (Phi) is 4.22. The van der Waals surface area contributed by atoms with Crippen molar-refractivity contribution in [1.29, 1.82) is 5.26 Å². The van der Waals surface area contributed by atoms with Crippen LogP contribution in [0.5, 0.6) is 0 Å². The highest BCUT2D eigenvalue weighted by molar-refractivity contribution is 5.88. The van der Waals surface area contributed by atoms with Crippen LogP contribution < -0.4 is 0 Å². The third-order valence-electron chi connectivity index (χ3n) is 2.74. The Balaban J connectivity index is 2.37.